The molecule has 1 unspecified atom stereocenters. The lowest BCUT2D eigenvalue weighted by Crippen LogP contribution is -2.38. The Labute approximate surface area is 119 Å². The van der Waals surface area contributed by atoms with Crippen molar-refractivity contribution >= 4 is 5.91 Å². The maximum Gasteiger partial charge on any atom is 0.276 e. The number of carbonyl (C=O) groups excluding carboxylic acids is 1. The monoisotopic (exact) mass is 280 g/mol. The predicted molar refractivity (Wildman–Crippen MR) is 76.3 cm³/mol. The molecule has 0 aliphatic carbocycles. The summed E-state index contributed by atoms with van der Waals surface area (Å²) in [5.41, 5.74) is 5.88. The Balaban J connectivity index is 1.96. The second-order valence-electron chi connectivity index (χ2n) is 5.07. The molecule has 0 spiro atoms. The minimum atomic E-state index is -0.0251. The van der Waals surface area contributed by atoms with Crippen LogP contribution >= 0.6 is 0 Å². The number of nitrogens with zero attached hydrogens (tertiary/aromatic N) is 5. The third-order valence-corrected chi connectivity index (χ3v) is 3.90. The first-order chi connectivity index (χ1) is 9.69. The molecule has 1 aromatic rings. The van der Waals surface area contributed by atoms with Crippen LogP contribution in [0, 0.1) is 0 Å². The zero-order chi connectivity index (χ0) is 14.5. The summed E-state index contributed by atoms with van der Waals surface area (Å²) in [5.74, 6) is -0.0251. The molecule has 20 heavy (non-hydrogen) atoms. The molecule has 0 radical (unpaired) electrons. The summed E-state index contributed by atoms with van der Waals surface area (Å²) >= 11 is 0. The maximum absolute atomic E-state index is 12.4. The second-order valence-corrected chi connectivity index (χ2v) is 5.07. The summed E-state index contributed by atoms with van der Waals surface area (Å²) in [6, 6.07) is 0.466. The van der Waals surface area contributed by atoms with Crippen LogP contribution < -0.4 is 5.73 Å². The SMILES string of the molecule is CCN(CC)C1CCN(C(=O)c2cn(CCN)nn2)C1. The van der Waals surface area contributed by atoms with Crippen LogP contribution in [0.25, 0.3) is 0 Å². The smallest absolute Gasteiger partial charge is 0.276 e. The molecule has 7 heteroatoms. The number of likely N-dealkylation sites (N-methyl/N-ethyl adjacent to an activating group) is 1. The molecule has 0 aromatic carbocycles. The van der Waals surface area contributed by atoms with Crippen molar-refractivity contribution in [2.75, 3.05) is 32.7 Å². The molecular formula is C13H24N6O. The fourth-order valence-corrected chi connectivity index (χ4v) is 2.76. The molecule has 2 heterocycles. The fourth-order valence-electron chi connectivity index (χ4n) is 2.76. The van der Waals surface area contributed by atoms with E-state index in [0.717, 1.165) is 32.6 Å². The van der Waals surface area contributed by atoms with Crippen LogP contribution in [-0.2, 0) is 6.54 Å². The van der Waals surface area contributed by atoms with Gasteiger partial charge in [0.15, 0.2) is 5.69 Å². The Hall–Kier alpha value is -1.47. The Bertz CT molecular complexity index is 442. The maximum atomic E-state index is 12.4. The minimum absolute atomic E-state index is 0.0251. The van der Waals surface area contributed by atoms with Crippen molar-refractivity contribution < 1.29 is 4.79 Å². The van der Waals surface area contributed by atoms with Crippen LogP contribution in [0.1, 0.15) is 30.8 Å². The minimum Gasteiger partial charge on any atom is -0.336 e. The van der Waals surface area contributed by atoms with Crippen LogP contribution in [0.2, 0.25) is 0 Å². The third kappa shape index (κ3) is 3.16. The predicted octanol–water partition coefficient (Wildman–Crippen LogP) is -0.207. The number of likely N-dealkylation sites (tertiary alicyclic amines) is 1. The van der Waals surface area contributed by atoms with Gasteiger partial charge in [-0.25, -0.2) is 0 Å². The Morgan fingerprint density at radius 2 is 2.25 bits per heavy atom. The lowest BCUT2D eigenvalue weighted by Gasteiger charge is -2.25. The summed E-state index contributed by atoms with van der Waals surface area (Å²) in [6.07, 6.45) is 2.71. The van der Waals surface area contributed by atoms with Crippen LogP contribution in [-0.4, -0.2) is 69.5 Å². The number of amides is 1. The van der Waals surface area contributed by atoms with E-state index in [9.17, 15) is 4.79 Å². The lowest BCUT2D eigenvalue weighted by atomic mass is 10.2. The molecule has 1 aromatic heterocycles. The molecule has 7 nitrogen and oxygen atoms in total. The van der Waals surface area contributed by atoms with E-state index in [-0.39, 0.29) is 5.91 Å². The van der Waals surface area contributed by atoms with Gasteiger partial charge in [0.2, 0.25) is 0 Å². The lowest BCUT2D eigenvalue weighted by molar-refractivity contribution is 0.0772. The van der Waals surface area contributed by atoms with Gasteiger partial charge in [0.25, 0.3) is 5.91 Å². The van der Waals surface area contributed by atoms with Gasteiger partial charge in [-0.2, -0.15) is 0 Å². The van der Waals surface area contributed by atoms with Crippen molar-refractivity contribution in [3.8, 4) is 0 Å². The number of aromatic nitrogens is 3. The van der Waals surface area contributed by atoms with E-state index in [1.54, 1.807) is 10.9 Å². The number of hydrogen-bond donors (Lipinski definition) is 1. The van der Waals surface area contributed by atoms with E-state index < -0.39 is 0 Å². The average molecular weight is 280 g/mol. The number of rotatable bonds is 6. The van der Waals surface area contributed by atoms with Gasteiger partial charge in [-0.3, -0.25) is 14.4 Å². The largest absolute Gasteiger partial charge is 0.336 e. The van der Waals surface area contributed by atoms with Crippen molar-refractivity contribution in [1.29, 1.82) is 0 Å². The van der Waals surface area contributed by atoms with E-state index in [1.165, 1.54) is 0 Å². The third-order valence-electron chi connectivity index (χ3n) is 3.90. The summed E-state index contributed by atoms with van der Waals surface area (Å²) in [4.78, 5) is 16.6. The quantitative estimate of drug-likeness (QED) is 0.780. The molecule has 1 fully saturated rings. The van der Waals surface area contributed by atoms with Gasteiger partial charge in [-0.15, -0.1) is 5.10 Å². The van der Waals surface area contributed by atoms with Gasteiger partial charge in [-0.1, -0.05) is 19.1 Å². The Kier molecular flexibility index (Phi) is 5.08. The van der Waals surface area contributed by atoms with Crippen molar-refractivity contribution in [3.05, 3.63) is 11.9 Å². The standard InChI is InChI=1S/C13H24N6O/c1-3-17(4-2)11-5-7-18(9-11)13(20)12-10-19(8-6-14)16-15-12/h10-11H,3-9,14H2,1-2H3. The fraction of sp³-hybridized carbons (Fsp3) is 0.769. The van der Waals surface area contributed by atoms with E-state index in [0.29, 0.717) is 24.8 Å². The van der Waals surface area contributed by atoms with Gasteiger partial charge in [0.05, 0.1) is 12.7 Å². The summed E-state index contributed by atoms with van der Waals surface area (Å²) in [5, 5.41) is 7.86. The van der Waals surface area contributed by atoms with Gasteiger partial charge in [0, 0.05) is 25.7 Å². The zero-order valence-corrected chi connectivity index (χ0v) is 12.3. The second kappa shape index (κ2) is 6.81. The summed E-state index contributed by atoms with van der Waals surface area (Å²) < 4.78 is 1.62. The number of nitrogens with two attached hydrogens (primary N) is 1. The highest BCUT2D eigenvalue weighted by Gasteiger charge is 2.30. The van der Waals surface area contributed by atoms with E-state index in [4.69, 9.17) is 5.73 Å². The highest BCUT2D eigenvalue weighted by atomic mass is 16.2. The number of carbonyl (C=O) groups is 1. The van der Waals surface area contributed by atoms with Crippen LogP contribution in [0.4, 0.5) is 0 Å². The Morgan fingerprint density at radius 1 is 1.50 bits per heavy atom. The van der Waals surface area contributed by atoms with Crippen molar-refractivity contribution in [3.63, 3.8) is 0 Å². The van der Waals surface area contributed by atoms with Gasteiger partial charge in [-0.05, 0) is 19.5 Å². The summed E-state index contributed by atoms with van der Waals surface area (Å²) in [7, 11) is 0. The van der Waals surface area contributed by atoms with Crippen LogP contribution in [0.5, 0.6) is 0 Å². The van der Waals surface area contributed by atoms with Crippen LogP contribution in [0.3, 0.4) is 0 Å². The van der Waals surface area contributed by atoms with Gasteiger partial charge in [0.1, 0.15) is 0 Å². The van der Waals surface area contributed by atoms with E-state index in [1.807, 2.05) is 4.90 Å². The highest BCUT2D eigenvalue weighted by molar-refractivity contribution is 5.92. The first kappa shape index (κ1) is 14.9. The van der Waals surface area contributed by atoms with Gasteiger partial charge >= 0.3 is 0 Å². The first-order valence-electron chi connectivity index (χ1n) is 7.33. The molecule has 1 aliphatic rings. The molecule has 0 bridgehead atoms. The molecule has 2 N–H and O–H groups in total. The normalized spacial score (nSPS) is 19.0. The van der Waals surface area contributed by atoms with Crippen molar-refractivity contribution in [2.45, 2.75) is 32.9 Å². The molecular weight excluding hydrogens is 256 g/mol. The highest BCUT2D eigenvalue weighted by Crippen LogP contribution is 2.17. The number of hydrogen-bond acceptors (Lipinski definition) is 5. The van der Waals surface area contributed by atoms with E-state index >= 15 is 0 Å². The summed E-state index contributed by atoms with van der Waals surface area (Å²) in [6.45, 7) is 9.02. The zero-order valence-electron chi connectivity index (χ0n) is 12.3. The molecule has 112 valence electrons. The average Bonchev–Trinajstić information content (AvgIpc) is 3.09. The first-order valence-corrected chi connectivity index (χ1v) is 7.33. The molecule has 1 amide bonds. The topological polar surface area (TPSA) is 80.3 Å². The molecule has 2 rings (SSSR count). The van der Waals surface area contributed by atoms with Crippen molar-refractivity contribution in [2.24, 2.45) is 5.73 Å². The van der Waals surface area contributed by atoms with Gasteiger partial charge < -0.3 is 10.6 Å². The molecule has 1 atom stereocenters. The van der Waals surface area contributed by atoms with E-state index in [2.05, 4.69) is 29.1 Å². The molecule has 1 aliphatic heterocycles. The van der Waals surface area contributed by atoms with Crippen molar-refractivity contribution in [1.82, 2.24) is 24.8 Å². The van der Waals surface area contributed by atoms with Crippen LogP contribution in [0.15, 0.2) is 6.20 Å². The Morgan fingerprint density at radius 3 is 2.90 bits per heavy atom. The molecule has 0 saturated carbocycles. The molecule has 1 saturated heterocycles.